The van der Waals surface area contributed by atoms with E-state index in [9.17, 15) is 0 Å². The van der Waals surface area contributed by atoms with Gasteiger partial charge in [-0.2, -0.15) is 0 Å². The van der Waals surface area contributed by atoms with Gasteiger partial charge >= 0.3 is 0 Å². The van der Waals surface area contributed by atoms with E-state index in [1.165, 1.54) is 76.7 Å². The molecule has 57 heavy (non-hydrogen) atoms. The second-order valence-corrected chi connectivity index (χ2v) is 15.8. The quantitative estimate of drug-likeness (QED) is 0.174. The van der Waals surface area contributed by atoms with Crippen LogP contribution in [0.2, 0.25) is 0 Å². The van der Waals surface area contributed by atoms with E-state index in [-0.39, 0.29) is 5.41 Å². The highest BCUT2D eigenvalue weighted by Crippen LogP contribution is 2.57. The molecule has 270 valence electrons. The predicted molar refractivity (Wildman–Crippen MR) is 243 cm³/mol. The molecule has 0 saturated carbocycles. The van der Waals surface area contributed by atoms with Crippen molar-refractivity contribution in [2.75, 3.05) is 9.80 Å². The maximum absolute atomic E-state index is 2.55. The zero-order valence-electron chi connectivity index (χ0n) is 32.0. The highest BCUT2D eigenvalue weighted by atomic mass is 15.2. The molecular formula is C55H40N2. The summed E-state index contributed by atoms with van der Waals surface area (Å²) < 4.78 is 0. The normalized spacial score (nSPS) is 13.2. The third-order valence-electron chi connectivity index (χ3n) is 12.2. The van der Waals surface area contributed by atoms with Gasteiger partial charge in [-0.25, -0.2) is 0 Å². The first-order chi connectivity index (χ1) is 28.0. The van der Waals surface area contributed by atoms with Crippen molar-refractivity contribution in [1.82, 2.24) is 0 Å². The van der Waals surface area contributed by atoms with Gasteiger partial charge in [-0.3, -0.25) is 0 Å². The van der Waals surface area contributed by atoms with Gasteiger partial charge in [-0.15, -0.1) is 0 Å². The van der Waals surface area contributed by atoms with Crippen LogP contribution in [0.4, 0.5) is 34.1 Å². The van der Waals surface area contributed by atoms with Crippen LogP contribution >= 0.6 is 0 Å². The summed E-state index contributed by atoms with van der Waals surface area (Å²) in [4.78, 5) is 5.04. The smallest absolute Gasteiger partial charge is 0.0781 e. The minimum Gasteiger partial charge on any atom is -0.308 e. The van der Waals surface area contributed by atoms with E-state index in [0.717, 1.165) is 22.7 Å². The number of fused-ring (bicyclic) bond motifs is 6. The molecular weight excluding hydrogens is 689 g/mol. The number of hydrogen-bond acceptors (Lipinski definition) is 2. The third kappa shape index (κ3) is 5.33. The SMILES string of the molecule is CC1(C)c2ccccc2N(c2c(N(c3ccc4ccccc4c3)c3cccc4ccccc34)ccc3ccccc23)c2ccc(-c3ccc4ccccc4c3)cc21. The number of nitrogens with zero attached hydrogens (tertiary/aromatic N) is 2. The molecule has 0 saturated heterocycles. The molecule has 10 aromatic carbocycles. The standard InChI is InChI=1S/C55H40N2/c1-55(2)48-23-11-12-24-51(48)57(52-32-30-44(36-49(52)55)43-27-26-37-14-3-5-18-41(37)34-43)54-47-22-10-8-17-40(47)29-33-53(54)56(45-31-28-38-15-4-6-19-42(38)35-45)50-25-13-20-39-16-7-9-21-46(39)50/h3-36H,1-2H3. The molecule has 0 N–H and O–H groups in total. The van der Waals surface area contributed by atoms with Crippen LogP contribution in [0.25, 0.3) is 54.2 Å². The average molecular weight is 729 g/mol. The summed E-state index contributed by atoms with van der Waals surface area (Å²) in [7, 11) is 0. The van der Waals surface area contributed by atoms with Crippen LogP contribution < -0.4 is 9.80 Å². The van der Waals surface area contributed by atoms with Crippen LogP contribution in [-0.2, 0) is 5.41 Å². The van der Waals surface area contributed by atoms with Crippen molar-refractivity contribution >= 4 is 77.2 Å². The highest BCUT2D eigenvalue weighted by Gasteiger charge is 2.39. The Morgan fingerprint density at radius 1 is 0.368 bits per heavy atom. The summed E-state index contributed by atoms with van der Waals surface area (Å²) in [5, 5.41) is 9.74. The molecule has 0 bridgehead atoms. The molecule has 0 radical (unpaired) electrons. The van der Waals surface area contributed by atoms with Gasteiger partial charge in [0.1, 0.15) is 0 Å². The van der Waals surface area contributed by atoms with Gasteiger partial charge in [0, 0.05) is 21.9 Å². The molecule has 0 aromatic heterocycles. The Labute approximate surface area is 333 Å². The number of hydrogen-bond donors (Lipinski definition) is 0. The average Bonchev–Trinajstić information content (AvgIpc) is 3.27. The van der Waals surface area contributed by atoms with Gasteiger partial charge in [-0.1, -0.05) is 172 Å². The molecule has 1 aliphatic heterocycles. The van der Waals surface area contributed by atoms with Gasteiger partial charge < -0.3 is 9.80 Å². The minimum absolute atomic E-state index is 0.256. The van der Waals surface area contributed by atoms with Gasteiger partial charge in [0.25, 0.3) is 0 Å². The van der Waals surface area contributed by atoms with Crippen molar-refractivity contribution in [1.29, 1.82) is 0 Å². The van der Waals surface area contributed by atoms with Crippen molar-refractivity contribution in [3.63, 3.8) is 0 Å². The van der Waals surface area contributed by atoms with Crippen molar-refractivity contribution in [3.8, 4) is 11.1 Å². The lowest BCUT2D eigenvalue weighted by atomic mass is 9.72. The second-order valence-electron chi connectivity index (χ2n) is 15.8. The molecule has 0 amide bonds. The van der Waals surface area contributed by atoms with E-state index >= 15 is 0 Å². The Hall–Kier alpha value is -7.16. The lowest BCUT2D eigenvalue weighted by Gasteiger charge is -2.44. The first-order valence-electron chi connectivity index (χ1n) is 19.8. The number of para-hydroxylation sites is 1. The monoisotopic (exact) mass is 728 g/mol. The van der Waals surface area contributed by atoms with Crippen molar-refractivity contribution in [2.45, 2.75) is 19.3 Å². The van der Waals surface area contributed by atoms with Gasteiger partial charge in [-0.05, 0) is 103 Å². The zero-order chi connectivity index (χ0) is 38.1. The first kappa shape index (κ1) is 33.2. The molecule has 0 fully saturated rings. The van der Waals surface area contributed by atoms with Crippen LogP contribution in [0.5, 0.6) is 0 Å². The van der Waals surface area contributed by atoms with E-state index in [1.807, 2.05) is 0 Å². The second kappa shape index (κ2) is 13.0. The fraction of sp³-hybridized carbons (Fsp3) is 0.0545. The summed E-state index contributed by atoms with van der Waals surface area (Å²) in [6, 6.07) is 76.0. The van der Waals surface area contributed by atoms with E-state index < -0.39 is 0 Å². The van der Waals surface area contributed by atoms with Crippen LogP contribution in [0, 0.1) is 0 Å². The molecule has 0 unspecified atom stereocenters. The van der Waals surface area contributed by atoms with Crippen LogP contribution in [0.15, 0.2) is 206 Å². The van der Waals surface area contributed by atoms with Crippen LogP contribution in [0.3, 0.4) is 0 Å². The number of rotatable bonds is 5. The lowest BCUT2D eigenvalue weighted by Crippen LogP contribution is -2.31. The fourth-order valence-electron chi connectivity index (χ4n) is 9.28. The third-order valence-corrected chi connectivity index (χ3v) is 12.2. The van der Waals surface area contributed by atoms with E-state index in [0.29, 0.717) is 0 Å². The molecule has 11 rings (SSSR count). The van der Waals surface area contributed by atoms with Crippen LogP contribution in [-0.4, -0.2) is 0 Å². The molecule has 1 heterocycles. The van der Waals surface area contributed by atoms with Crippen molar-refractivity contribution in [3.05, 3.63) is 217 Å². The van der Waals surface area contributed by atoms with E-state index in [4.69, 9.17) is 0 Å². The lowest BCUT2D eigenvalue weighted by molar-refractivity contribution is 0.632. The van der Waals surface area contributed by atoms with E-state index in [2.05, 4.69) is 230 Å². The highest BCUT2D eigenvalue weighted by molar-refractivity contribution is 6.11. The predicted octanol–water partition coefficient (Wildman–Crippen LogP) is 15.5. The Morgan fingerprint density at radius 2 is 0.912 bits per heavy atom. The Kier molecular flexibility index (Phi) is 7.55. The van der Waals surface area contributed by atoms with Gasteiger partial charge in [0.15, 0.2) is 0 Å². The maximum atomic E-state index is 2.55. The summed E-state index contributed by atoms with van der Waals surface area (Å²) in [6.45, 7) is 4.77. The molecule has 10 aromatic rings. The molecule has 2 nitrogen and oxygen atoms in total. The zero-order valence-corrected chi connectivity index (χ0v) is 32.0. The Balaban J connectivity index is 1.22. The van der Waals surface area contributed by atoms with Crippen LogP contribution in [0.1, 0.15) is 25.0 Å². The van der Waals surface area contributed by atoms with Gasteiger partial charge in [0.2, 0.25) is 0 Å². The minimum atomic E-state index is -0.256. The van der Waals surface area contributed by atoms with Crippen molar-refractivity contribution < 1.29 is 0 Å². The molecule has 0 spiro atoms. The summed E-state index contributed by atoms with van der Waals surface area (Å²) in [5.41, 5.74) is 11.7. The largest absolute Gasteiger partial charge is 0.308 e. The van der Waals surface area contributed by atoms with Gasteiger partial charge in [0.05, 0.1) is 28.4 Å². The Morgan fingerprint density at radius 3 is 1.70 bits per heavy atom. The number of benzene rings is 10. The first-order valence-corrected chi connectivity index (χ1v) is 19.8. The summed E-state index contributed by atoms with van der Waals surface area (Å²) >= 11 is 0. The summed E-state index contributed by atoms with van der Waals surface area (Å²) in [5.74, 6) is 0. The van der Waals surface area contributed by atoms with E-state index in [1.54, 1.807) is 0 Å². The molecule has 1 aliphatic rings. The Bertz CT molecular complexity index is 3190. The number of anilines is 6. The molecule has 0 atom stereocenters. The molecule has 0 aliphatic carbocycles. The topological polar surface area (TPSA) is 6.48 Å². The summed E-state index contributed by atoms with van der Waals surface area (Å²) in [6.07, 6.45) is 0. The maximum Gasteiger partial charge on any atom is 0.0781 e. The van der Waals surface area contributed by atoms with Crippen molar-refractivity contribution in [2.24, 2.45) is 0 Å². The molecule has 2 heteroatoms. The fourth-order valence-corrected chi connectivity index (χ4v) is 9.28.